The first-order valence-electron chi connectivity index (χ1n) is 11.8. The van der Waals surface area contributed by atoms with Crippen molar-refractivity contribution in [1.29, 1.82) is 0 Å². The van der Waals surface area contributed by atoms with Gasteiger partial charge in [-0.05, 0) is 17.7 Å². The van der Waals surface area contributed by atoms with Crippen molar-refractivity contribution in [1.82, 2.24) is 14.9 Å². The Morgan fingerprint density at radius 3 is 2.05 bits per heavy atom. The molecule has 1 aromatic carbocycles. The number of aromatic nitrogens is 2. The Bertz CT molecular complexity index is 1360. The van der Waals surface area contributed by atoms with Gasteiger partial charge in [0.15, 0.2) is 16.8 Å². The summed E-state index contributed by atoms with van der Waals surface area (Å²) in [5.41, 5.74) is -1.16. The number of alkyl halides is 2. The van der Waals surface area contributed by atoms with Crippen LogP contribution < -0.4 is 51.2 Å². The number of amides is 1. The van der Waals surface area contributed by atoms with Crippen LogP contribution in [0.3, 0.4) is 0 Å². The van der Waals surface area contributed by atoms with E-state index in [1.54, 1.807) is 0 Å². The molecule has 1 fully saturated rings. The summed E-state index contributed by atoms with van der Waals surface area (Å²) < 4.78 is 6.08. The molecule has 1 aromatic heterocycles. The van der Waals surface area contributed by atoms with E-state index < -0.39 is 88.6 Å². The molecule has 1 aliphatic rings. The predicted molar refractivity (Wildman–Crippen MR) is 143 cm³/mol. The number of nitrogens with zero attached hydrogens (tertiary/aromatic N) is 2. The van der Waals surface area contributed by atoms with Gasteiger partial charge in [-0.1, -0.05) is 23.2 Å². The number of Topliss-reactive ketones (excluding diaryl/α,β-unsaturated/α-hetero) is 1. The zero-order valence-corrected chi connectivity index (χ0v) is 26.5. The zero-order valence-electron chi connectivity index (χ0n) is 23.0. The summed E-state index contributed by atoms with van der Waals surface area (Å²) in [4.78, 5) is 62.9. The second-order valence-electron chi connectivity index (χ2n) is 8.48. The fraction of sp³-hybridized carbons (Fsp3) is 0.435. The van der Waals surface area contributed by atoms with E-state index >= 15 is 0 Å². The average Bonchev–Trinajstić information content (AvgIpc) is 3.24. The van der Waals surface area contributed by atoms with Crippen molar-refractivity contribution < 1.29 is 84.2 Å². The summed E-state index contributed by atoms with van der Waals surface area (Å²) >= 11 is 10.7. The molecule has 0 aliphatic carbocycles. The maximum Gasteiger partial charge on any atom is 1.00 e. The minimum absolute atomic E-state index is 0. The van der Waals surface area contributed by atoms with Crippen molar-refractivity contribution in [3.05, 3.63) is 73.0 Å². The number of aliphatic carboxylic acids is 1. The van der Waals surface area contributed by atoms with E-state index in [1.165, 1.54) is 24.3 Å². The molecule has 0 unspecified atom stereocenters. The number of ketones is 1. The molecule has 0 spiro atoms. The van der Waals surface area contributed by atoms with Gasteiger partial charge >= 0.3 is 35.2 Å². The fourth-order valence-electron chi connectivity index (χ4n) is 3.23. The van der Waals surface area contributed by atoms with Crippen molar-refractivity contribution in [3.63, 3.8) is 0 Å². The molecular formula is C23H27Cl2N4NaO14. The smallest absolute Gasteiger partial charge is 0.542 e. The van der Waals surface area contributed by atoms with Crippen molar-refractivity contribution in [2.24, 2.45) is 0 Å². The van der Waals surface area contributed by atoms with Crippen LogP contribution in [0.2, 0.25) is 0 Å². The molecule has 1 amide bonds. The first-order chi connectivity index (χ1) is 20.0. The number of non-ortho nitro benzene ring substituents is 1. The molecular weight excluding hydrogens is 650 g/mol. The number of carboxylic acids is 1. The summed E-state index contributed by atoms with van der Waals surface area (Å²) in [6.45, 7) is -0.0907. The molecule has 0 radical (unpaired) electrons. The molecule has 2 aromatic rings. The number of aromatic amines is 1. The number of aliphatic hydroxyl groups excluding tert-OH is 5. The standard InChI is InChI=1S/C11H12Cl2N2O5.C9H12N2O6.C3H4O3.Na/c12-10(13)11(18)14-8(5-16)9(17)6-1-3-7(4-2-6)15(19)20;12-3-4-6(14)7(15)8(17-4)11-2-1-5(13)10-9(11)16;1-2(4)3(5)6;/h1-4,8-10,16-17H,5H2,(H,14,18);1-2,4,6-8,12,14-15H,3H2,(H,10,13,16);1H3,(H,5,6);/q;;;+1/p-1/t8-,9-;4-,6-,7-,8-;;/m11../s1. The Kier molecular flexibility index (Phi) is 18.4. The van der Waals surface area contributed by atoms with Crippen molar-refractivity contribution in [2.45, 2.75) is 48.4 Å². The second kappa shape index (κ2) is 19.6. The first kappa shape index (κ1) is 41.2. The zero-order chi connectivity index (χ0) is 33.0. The third-order valence-electron chi connectivity index (χ3n) is 5.48. The molecule has 44 heavy (non-hydrogen) atoms. The summed E-state index contributed by atoms with van der Waals surface area (Å²) in [7, 11) is 0. The van der Waals surface area contributed by atoms with Crippen LogP contribution in [0.5, 0.6) is 0 Å². The number of nitro benzene ring substituents is 1. The minimum atomic E-state index is -1.63. The van der Waals surface area contributed by atoms with Crippen LogP contribution in [0.15, 0.2) is 46.1 Å². The van der Waals surface area contributed by atoms with Crippen LogP contribution in [-0.4, -0.2) is 100 Å². The maximum absolute atomic E-state index is 11.4. The summed E-state index contributed by atoms with van der Waals surface area (Å²) in [5, 5.41) is 69.3. The van der Waals surface area contributed by atoms with E-state index in [0.29, 0.717) is 5.56 Å². The van der Waals surface area contributed by atoms with Crippen LogP contribution >= 0.6 is 23.2 Å². The van der Waals surface area contributed by atoms with E-state index in [4.69, 9.17) is 38.2 Å². The average molecular weight is 677 g/mol. The number of carbonyl (C=O) groups is 3. The van der Waals surface area contributed by atoms with Gasteiger partial charge in [0, 0.05) is 31.3 Å². The van der Waals surface area contributed by atoms with E-state index in [-0.39, 0.29) is 35.2 Å². The SMILES string of the molecule is CC(=O)C(=O)[O-].O=C(N[C@H](CO)[C@H](O)c1ccc([N+](=O)[O-])cc1)C(Cl)Cl.O=c1ccn([C@@H]2O[C@H](CO)[C@@H](O)[C@H]2O)c(=O)[nH]1.[Na+]. The summed E-state index contributed by atoms with van der Waals surface area (Å²) in [5.74, 6) is -3.32. The monoisotopic (exact) mass is 676 g/mol. The molecule has 1 saturated heterocycles. The fourth-order valence-corrected chi connectivity index (χ4v) is 3.36. The third-order valence-corrected chi connectivity index (χ3v) is 5.88. The Morgan fingerprint density at radius 2 is 1.66 bits per heavy atom. The molecule has 3 rings (SSSR count). The Morgan fingerprint density at radius 1 is 1.11 bits per heavy atom. The Hall–Kier alpha value is -2.75. The van der Waals surface area contributed by atoms with E-state index in [2.05, 4.69) is 5.32 Å². The molecule has 238 valence electrons. The Balaban J connectivity index is 0.000000702. The number of aliphatic hydroxyl groups is 5. The Labute approximate surface area is 279 Å². The number of nitro groups is 1. The van der Waals surface area contributed by atoms with Gasteiger partial charge in [0.2, 0.25) is 0 Å². The van der Waals surface area contributed by atoms with Crippen LogP contribution in [0.1, 0.15) is 24.8 Å². The number of carbonyl (C=O) groups excluding carboxylic acids is 3. The maximum atomic E-state index is 11.4. The predicted octanol–water partition coefficient (Wildman–Crippen LogP) is -6.61. The van der Waals surface area contributed by atoms with Crippen LogP contribution in [0, 0.1) is 10.1 Å². The molecule has 7 N–H and O–H groups in total. The van der Waals surface area contributed by atoms with Gasteiger partial charge < -0.3 is 45.5 Å². The van der Waals surface area contributed by atoms with Crippen molar-refractivity contribution in [3.8, 4) is 0 Å². The van der Waals surface area contributed by atoms with E-state index in [9.17, 15) is 54.5 Å². The van der Waals surface area contributed by atoms with Crippen LogP contribution in [0.4, 0.5) is 5.69 Å². The minimum Gasteiger partial charge on any atom is -0.542 e. The van der Waals surface area contributed by atoms with E-state index in [0.717, 1.165) is 23.8 Å². The molecule has 1 aliphatic heterocycles. The van der Waals surface area contributed by atoms with Gasteiger partial charge in [0.25, 0.3) is 17.2 Å². The number of halogens is 2. The number of nitrogens with one attached hydrogen (secondary N) is 2. The summed E-state index contributed by atoms with van der Waals surface area (Å²) in [6, 6.07) is 5.15. The van der Waals surface area contributed by atoms with Crippen molar-refractivity contribution in [2.75, 3.05) is 13.2 Å². The number of rotatable bonds is 9. The molecule has 6 atom stereocenters. The van der Waals surface area contributed by atoms with E-state index in [1.807, 2.05) is 4.98 Å². The van der Waals surface area contributed by atoms with Crippen LogP contribution in [-0.2, 0) is 19.1 Å². The van der Waals surface area contributed by atoms with Gasteiger partial charge in [0.05, 0.1) is 24.2 Å². The van der Waals surface area contributed by atoms with Gasteiger partial charge in [-0.15, -0.1) is 0 Å². The molecule has 0 bridgehead atoms. The summed E-state index contributed by atoms with van der Waals surface area (Å²) in [6.07, 6.45) is -4.83. The first-order valence-corrected chi connectivity index (χ1v) is 12.7. The molecule has 0 saturated carbocycles. The van der Waals surface area contributed by atoms with Crippen molar-refractivity contribution >= 4 is 46.5 Å². The largest absolute Gasteiger partial charge is 1.00 e. The number of hydrogen-bond donors (Lipinski definition) is 7. The quantitative estimate of drug-likeness (QED) is 0.0427. The molecule has 21 heteroatoms. The number of benzene rings is 1. The number of carboxylic acid groups (broad SMARTS) is 1. The second-order valence-corrected chi connectivity index (χ2v) is 9.58. The topological polar surface area (TPSA) is 295 Å². The number of H-pyrrole nitrogens is 1. The van der Waals surface area contributed by atoms with Gasteiger partial charge in [-0.2, -0.15) is 0 Å². The van der Waals surface area contributed by atoms with Gasteiger partial charge in [-0.3, -0.25) is 34.0 Å². The molecule has 18 nitrogen and oxygen atoms in total. The normalized spacial score (nSPS) is 20.0. The van der Waals surface area contributed by atoms with Crippen LogP contribution in [0.25, 0.3) is 0 Å². The van der Waals surface area contributed by atoms with Gasteiger partial charge in [0.1, 0.15) is 30.4 Å². The number of ether oxygens (including phenoxy) is 1. The molecule has 2 heterocycles. The third kappa shape index (κ3) is 12.3. The van der Waals surface area contributed by atoms with Gasteiger partial charge in [-0.25, -0.2) is 4.79 Å². The number of hydrogen-bond acceptors (Lipinski definition) is 14.